The predicted molar refractivity (Wildman–Crippen MR) is 69.6 cm³/mol. The van der Waals surface area contributed by atoms with E-state index in [-0.39, 0.29) is 6.04 Å². The van der Waals surface area contributed by atoms with Crippen molar-refractivity contribution in [1.82, 2.24) is 4.90 Å². The molecule has 0 saturated carbocycles. The molecule has 1 saturated heterocycles. The maximum absolute atomic E-state index is 5.90. The van der Waals surface area contributed by atoms with Crippen LogP contribution in [0, 0.1) is 11.3 Å². The Morgan fingerprint density at radius 2 is 2.29 bits per heavy atom. The largest absolute Gasteiger partial charge is 0.468 e. The van der Waals surface area contributed by atoms with Gasteiger partial charge < -0.3 is 10.2 Å². The molecule has 1 aliphatic rings. The van der Waals surface area contributed by atoms with Gasteiger partial charge in [0, 0.05) is 13.1 Å². The third-order valence-corrected chi connectivity index (χ3v) is 3.98. The van der Waals surface area contributed by atoms with E-state index in [1.54, 1.807) is 6.26 Å². The molecule has 0 aliphatic carbocycles. The molecule has 0 bridgehead atoms. The summed E-state index contributed by atoms with van der Waals surface area (Å²) in [5.74, 6) is 1.76. The molecule has 96 valence electrons. The molecule has 1 fully saturated rings. The zero-order chi connectivity index (χ0) is 12.5. The van der Waals surface area contributed by atoms with Crippen LogP contribution in [0.4, 0.5) is 0 Å². The van der Waals surface area contributed by atoms with Crippen LogP contribution < -0.4 is 5.73 Å². The Balaban J connectivity index is 2.04. The van der Waals surface area contributed by atoms with Crippen LogP contribution in [0.2, 0.25) is 0 Å². The fourth-order valence-corrected chi connectivity index (χ4v) is 2.70. The third-order valence-electron chi connectivity index (χ3n) is 3.98. The summed E-state index contributed by atoms with van der Waals surface area (Å²) >= 11 is 0. The molecule has 0 radical (unpaired) electrons. The van der Waals surface area contributed by atoms with Gasteiger partial charge in [0.05, 0.1) is 12.3 Å². The second-order valence-corrected chi connectivity index (χ2v) is 6.11. The van der Waals surface area contributed by atoms with Gasteiger partial charge in [0.2, 0.25) is 0 Å². The summed E-state index contributed by atoms with van der Waals surface area (Å²) in [6, 6.07) is 4.22. The third kappa shape index (κ3) is 2.72. The monoisotopic (exact) mass is 236 g/mol. The number of furan rings is 1. The van der Waals surface area contributed by atoms with E-state index in [4.69, 9.17) is 10.2 Å². The SMILES string of the molecule is CC(C)(C)C1CCN(C(CN)c2ccco2)C1. The van der Waals surface area contributed by atoms with E-state index in [9.17, 15) is 0 Å². The van der Waals surface area contributed by atoms with Crippen molar-refractivity contribution in [1.29, 1.82) is 0 Å². The van der Waals surface area contributed by atoms with Crippen LogP contribution in [0.25, 0.3) is 0 Å². The zero-order valence-corrected chi connectivity index (χ0v) is 11.1. The highest BCUT2D eigenvalue weighted by molar-refractivity contribution is 5.06. The maximum Gasteiger partial charge on any atom is 0.122 e. The maximum atomic E-state index is 5.90. The van der Waals surface area contributed by atoms with E-state index < -0.39 is 0 Å². The first-order chi connectivity index (χ1) is 8.02. The van der Waals surface area contributed by atoms with Crippen LogP contribution >= 0.6 is 0 Å². The quantitative estimate of drug-likeness (QED) is 0.877. The van der Waals surface area contributed by atoms with Gasteiger partial charge in [0.25, 0.3) is 0 Å². The fourth-order valence-electron chi connectivity index (χ4n) is 2.70. The van der Waals surface area contributed by atoms with Crippen molar-refractivity contribution in [2.45, 2.75) is 33.2 Å². The number of rotatable bonds is 3. The lowest BCUT2D eigenvalue weighted by Gasteiger charge is -2.29. The van der Waals surface area contributed by atoms with Crippen LogP contribution in [-0.2, 0) is 0 Å². The van der Waals surface area contributed by atoms with E-state index in [0.29, 0.717) is 12.0 Å². The second kappa shape index (κ2) is 4.83. The first-order valence-electron chi connectivity index (χ1n) is 6.50. The molecule has 1 aliphatic heterocycles. The Bertz CT molecular complexity index is 340. The van der Waals surface area contributed by atoms with E-state index in [2.05, 4.69) is 25.7 Å². The molecule has 3 nitrogen and oxygen atoms in total. The Labute approximate surface area is 104 Å². The molecule has 0 aromatic carbocycles. The van der Waals surface area contributed by atoms with Crippen LogP contribution in [0.5, 0.6) is 0 Å². The Morgan fingerprint density at radius 3 is 2.76 bits per heavy atom. The molecule has 17 heavy (non-hydrogen) atoms. The molecule has 2 atom stereocenters. The van der Waals surface area contributed by atoms with Crippen molar-refractivity contribution >= 4 is 0 Å². The zero-order valence-electron chi connectivity index (χ0n) is 11.1. The molecule has 1 aromatic rings. The summed E-state index contributed by atoms with van der Waals surface area (Å²) in [4.78, 5) is 2.47. The molecule has 2 heterocycles. The molecular weight excluding hydrogens is 212 g/mol. The predicted octanol–water partition coefficient (Wildman–Crippen LogP) is 2.65. The highest BCUT2D eigenvalue weighted by atomic mass is 16.3. The summed E-state index contributed by atoms with van der Waals surface area (Å²) in [6.07, 6.45) is 3.00. The van der Waals surface area contributed by atoms with Crippen LogP contribution in [0.15, 0.2) is 22.8 Å². The molecule has 3 heteroatoms. The summed E-state index contributed by atoms with van der Waals surface area (Å²) in [5, 5.41) is 0. The lowest BCUT2D eigenvalue weighted by molar-refractivity contribution is 0.182. The smallest absolute Gasteiger partial charge is 0.122 e. The topological polar surface area (TPSA) is 42.4 Å². The minimum Gasteiger partial charge on any atom is -0.468 e. The normalized spacial score (nSPS) is 24.1. The second-order valence-electron chi connectivity index (χ2n) is 6.11. The van der Waals surface area contributed by atoms with Gasteiger partial charge >= 0.3 is 0 Å². The molecule has 2 N–H and O–H groups in total. The first kappa shape index (κ1) is 12.7. The number of hydrogen-bond acceptors (Lipinski definition) is 3. The summed E-state index contributed by atoms with van der Waals surface area (Å²) in [6.45, 7) is 9.86. The van der Waals surface area contributed by atoms with Gasteiger partial charge in [-0.1, -0.05) is 20.8 Å². The van der Waals surface area contributed by atoms with Gasteiger partial charge in [-0.05, 0) is 36.4 Å². The van der Waals surface area contributed by atoms with Crippen molar-refractivity contribution in [3.8, 4) is 0 Å². The first-order valence-corrected chi connectivity index (χ1v) is 6.50. The van der Waals surface area contributed by atoms with E-state index >= 15 is 0 Å². The number of nitrogens with zero attached hydrogens (tertiary/aromatic N) is 1. The van der Waals surface area contributed by atoms with Gasteiger partial charge in [-0.15, -0.1) is 0 Å². The fraction of sp³-hybridized carbons (Fsp3) is 0.714. The minimum absolute atomic E-state index is 0.248. The molecule has 2 rings (SSSR count). The Hall–Kier alpha value is -0.800. The highest BCUT2D eigenvalue weighted by Crippen LogP contribution is 2.36. The van der Waals surface area contributed by atoms with Gasteiger partial charge in [0.15, 0.2) is 0 Å². The molecule has 0 spiro atoms. The van der Waals surface area contributed by atoms with E-state index in [1.165, 1.54) is 6.42 Å². The van der Waals surface area contributed by atoms with Crippen LogP contribution in [-0.4, -0.2) is 24.5 Å². The highest BCUT2D eigenvalue weighted by Gasteiger charge is 2.35. The number of likely N-dealkylation sites (tertiary alicyclic amines) is 1. The average molecular weight is 236 g/mol. The lowest BCUT2D eigenvalue weighted by Crippen LogP contribution is -2.33. The number of nitrogens with two attached hydrogens (primary N) is 1. The van der Waals surface area contributed by atoms with Crippen molar-refractivity contribution in [2.75, 3.05) is 19.6 Å². The van der Waals surface area contributed by atoms with Crippen molar-refractivity contribution < 1.29 is 4.42 Å². The molecular formula is C14H24N2O. The summed E-state index contributed by atoms with van der Waals surface area (Å²) in [5.41, 5.74) is 6.28. The number of hydrogen-bond donors (Lipinski definition) is 1. The van der Waals surface area contributed by atoms with Crippen LogP contribution in [0.1, 0.15) is 39.0 Å². The van der Waals surface area contributed by atoms with E-state index in [0.717, 1.165) is 24.8 Å². The van der Waals surface area contributed by atoms with Gasteiger partial charge in [0.1, 0.15) is 5.76 Å². The van der Waals surface area contributed by atoms with Gasteiger partial charge in [-0.3, -0.25) is 4.90 Å². The summed E-state index contributed by atoms with van der Waals surface area (Å²) in [7, 11) is 0. The van der Waals surface area contributed by atoms with Crippen molar-refractivity contribution in [2.24, 2.45) is 17.1 Å². The molecule has 1 aromatic heterocycles. The average Bonchev–Trinajstić information content (AvgIpc) is 2.87. The Morgan fingerprint density at radius 1 is 1.53 bits per heavy atom. The van der Waals surface area contributed by atoms with E-state index in [1.807, 2.05) is 12.1 Å². The van der Waals surface area contributed by atoms with Gasteiger partial charge in [-0.25, -0.2) is 0 Å². The van der Waals surface area contributed by atoms with Gasteiger partial charge in [-0.2, -0.15) is 0 Å². The molecule has 0 amide bonds. The lowest BCUT2D eigenvalue weighted by atomic mass is 9.80. The standard InChI is InChI=1S/C14H24N2O/c1-14(2,3)11-6-7-16(10-11)12(9-15)13-5-4-8-17-13/h4-5,8,11-12H,6-7,9-10,15H2,1-3H3. The van der Waals surface area contributed by atoms with Crippen molar-refractivity contribution in [3.63, 3.8) is 0 Å². The van der Waals surface area contributed by atoms with Crippen molar-refractivity contribution in [3.05, 3.63) is 24.2 Å². The Kier molecular flexibility index (Phi) is 3.59. The molecule has 2 unspecified atom stereocenters. The summed E-state index contributed by atoms with van der Waals surface area (Å²) < 4.78 is 5.50. The minimum atomic E-state index is 0.248. The van der Waals surface area contributed by atoms with Crippen LogP contribution in [0.3, 0.4) is 0 Å².